The minimum absolute atomic E-state index is 0.323. The zero-order chi connectivity index (χ0) is 14.4. The smallest absolute Gasteiger partial charge is 0.326 e. The summed E-state index contributed by atoms with van der Waals surface area (Å²) in [6.07, 6.45) is -0.379. The highest BCUT2D eigenvalue weighted by atomic mass is 32.2. The number of carboxylic acid groups (broad SMARTS) is 1. The molecule has 1 aliphatic heterocycles. The first-order valence-electron chi connectivity index (χ1n) is 5.90. The van der Waals surface area contributed by atoms with Crippen molar-refractivity contribution in [1.82, 2.24) is 10.2 Å². The van der Waals surface area contributed by atoms with Gasteiger partial charge in [0.1, 0.15) is 6.04 Å². The lowest BCUT2D eigenvalue weighted by molar-refractivity contribution is -0.147. The molecule has 0 bridgehead atoms. The van der Waals surface area contributed by atoms with Crippen LogP contribution in [-0.4, -0.2) is 65.2 Å². The number of esters is 1. The molecule has 1 fully saturated rings. The van der Waals surface area contributed by atoms with Gasteiger partial charge in [-0.05, 0) is 0 Å². The van der Waals surface area contributed by atoms with Crippen LogP contribution in [0.15, 0.2) is 0 Å². The fourth-order valence-corrected chi connectivity index (χ4v) is 2.71. The topological polar surface area (TPSA) is 95.9 Å². The number of nitrogens with zero attached hydrogens (tertiary/aromatic N) is 1. The molecule has 0 aromatic rings. The molecule has 0 saturated carbocycles. The van der Waals surface area contributed by atoms with Crippen molar-refractivity contribution < 1.29 is 24.2 Å². The monoisotopic (exact) mass is 290 g/mol. The van der Waals surface area contributed by atoms with Crippen LogP contribution >= 0.6 is 11.8 Å². The van der Waals surface area contributed by atoms with Crippen LogP contribution in [-0.2, 0) is 14.3 Å². The molecule has 19 heavy (non-hydrogen) atoms. The normalized spacial score (nSPS) is 20.5. The molecule has 7 nitrogen and oxygen atoms in total. The van der Waals surface area contributed by atoms with Gasteiger partial charge in [-0.25, -0.2) is 9.59 Å². The van der Waals surface area contributed by atoms with E-state index in [1.54, 1.807) is 16.7 Å². The molecule has 1 unspecified atom stereocenters. The third kappa shape index (κ3) is 4.98. The maximum Gasteiger partial charge on any atom is 0.326 e. The van der Waals surface area contributed by atoms with E-state index in [0.29, 0.717) is 18.3 Å². The summed E-state index contributed by atoms with van der Waals surface area (Å²) in [5, 5.41) is 11.6. The minimum Gasteiger partial charge on any atom is -0.480 e. The Balaban J connectivity index is 2.55. The van der Waals surface area contributed by atoms with Crippen molar-refractivity contribution in [2.24, 2.45) is 0 Å². The van der Waals surface area contributed by atoms with Gasteiger partial charge in [-0.1, -0.05) is 6.92 Å². The van der Waals surface area contributed by atoms with Crippen molar-refractivity contribution in [3.63, 3.8) is 0 Å². The Bertz CT molecular complexity index is 363. The van der Waals surface area contributed by atoms with Gasteiger partial charge in [0.25, 0.3) is 0 Å². The number of nitrogens with one attached hydrogen (secondary N) is 1. The largest absolute Gasteiger partial charge is 0.480 e. The van der Waals surface area contributed by atoms with Gasteiger partial charge in [-0.15, -0.1) is 0 Å². The van der Waals surface area contributed by atoms with Crippen molar-refractivity contribution >= 4 is 29.7 Å². The Labute approximate surface area is 115 Å². The van der Waals surface area contributed by atoms with E-state index in [9.17, 15) is 14.4 Å². The third-order valence-electron chi connectivity index (χ3n) is 2.72. The number of carboxylic acids is 1. The molecule has 2 atom stereocenters. The molecule has 8 heteroatoms. The number of rotatable bonds is 4. The van der Waals surface area contributed by atoms with E-state index in [-0.39, 0.29) is 6.42 Å². The molecule has 2 amide bonds. The average molecular weight is 290 g/mol. The summed E-state index contributed by atoms with van der Waals surface area (Å²) < 4.78 is 4.40. The predicted molar refractivity (Wildman–Crippen MR) is 70.1 cm³/mol. The fraction of sp³-hybridized carbons (Fsp3) is 0.727. The SMILES string of the molecule is COC(=O)C[C@H](NC(=O)N1CCSC(C)C1)C(=O)O. The number of urea groups is 1. The number of aliphatic carboxylic acids is 1. The van der Waals surface area contributed by atoms with Crippen molar-refractivity contribution in [2.45, 2.75) is 24.6 Å². The zero-order valence-corrected chi connectivity index (χ0v) is 11.7. The van der Waals surface area contributed by atoms with Gasteiger partial charge < -0.3 is 20.1 Å². The van der Waals surface area contributed by atoms with Crippen LogP contribution in [0.2, 0.25) is 0 Å². The lowest BCUT2D eigenvalue weighted by Gasteiger charge is -2.31. The Hall–Kier alpha value is -1.44. The van der Waals surface area contributed by atoms with E-state index >= 15 is 0 Å². The first-order chi connectivity index (χ1) is 8.93. The second-order valence-electron chi connectivity index (χ2n) is 4.25. The number of carbonyl (C=O) groups is 3. The Morgan fingerprint density at radius 1 is 1.53 bits per heavy atom. The summed E-state index contributed by atoms with van der Waals surface area (Å²) in [6.45, 7) is 3.15. The molecular weight excluding hydrogens is 272 g/mol. The van der Waals surface area contributed by atoms with Crippen LogP contribution in [0.3, 0.4) is 0 Å². The van der Waals surface area contributed by atoms with Gasteiger partial charge in [0.05, 0.1) is 13.5 Å². The standard InChI is InChI=1S/C11H18N2O5S/c1-7-6-13(3-4-19-7)11(17)12-8(10(15)16)5-9(14)18-2/h7-8H,3-6H2,1-2H3,(H,12,17)(H,15,16)/t7?,8-/m0/s1. The summed E-state index contributed by atoms with van der Waals surface area (Å²) in [4.78, 5) is 35.6. The van der Waals surface area contributed by atoms with Gasteiger partial charge in [0.2, 0.25) is 0 Å². The molecule has 1 aliphatic rings. The molecule has 0 aromatic heterocycles. The van der Waals surface area contributed by atoms with Gasteiger partial charge in [-0.2, -0.15) is 11.8 Å². The molecule has 0 spiro atoms. The van der Waals surface area contributed by atoms with Crippen LogP contribution < -0.4 is 5.32 Å². The van der Waals surface area contributed by atoms with E-state index in [1.165, 1.54) is 7.11 Å². The molecule has 0 radical (unpaired) electrons. The molecule has 1 heterocycles. The van der Waals surface area contributed by atoms with E-state index in [4.69, 9.17) is 5.11 Å². The first-order valence-corrected chi connectivity index (χ1v) is 6.95. The number of methoxy groups -OCH3 is 1. The van der Waals surface area contributed by atoms with E-state index in [2.05, 4.69) is 10.1 Å². The maximum atomic E-state index is 11.9. The molecule has 2 N–H and O–H groups in total. The number of hydrogen-bond donors (Lipinski definition) is 2. The average Bonchev–Trinajstić information content (AvgIpc) is 2.37. The zero-order valence-electron chi connectivity index (χ0n) is 10.9. The lowest BCUT2D eigenvalue weighted by Crippen LogP contribution is -2.52. The second-order valence-corrected chi connectivity index (χ2v) is 5.79. The number of carbonyl (C=O) groups excluding carboxylic acids is 2. The second kappa shape index (κ2) is 7.22. The Morgan fingerprint density at radius 3 is 2.74 bits per heavy atom. The Morgan fingerprint density at radius 2 is 2.21 bits per heavy atom. The van der Waals surface area contributed by atoms with Gasteiger partial charge in [0.15, 0.2) is 0 Å². The van der Waals surface area contributed by atoms with E-state index < -0.39 is 24.0 Å². The summed E-state index contributed by atoms with van der Waals surface area (Å²) in [6, 6.07) is -1.71. The number of hydrogen-bond acceptors (Lipinski definition) is 5. The molecule has 1 rings (SSSR count). The van der Waals surface area contributed by atoms with Crippen LogP contribution in [0.1, 0.15) is 13.3 Å². The highest BCUT2D eigenvalue weighted by Gasteiger charge is 2.28. The molecule has 108 valence electrons. The highest BCUT2D eigenvalue weighted by molar-refractivity contribution is 7.99. The summed E-state index contributed by atoms with van der Waals surface area (Å²) >= 11 is 1.77. The minimum atomic E-state index is -1.26. The summed E-state index contributed by atoms with van der Waals surface area (Å²) in [5.74, 6) is -1.10. The third-order valence-corrected chi connectivity index (χ3v) is 3.86. The quantitative estimate of drug-likeness (QED) is 0.716. The van der Waals surface area contributed by atoms with Crippen LogP contribution in [0.25, 0.3) is 0 Å². The first kappa shape index (κ1) is 15.6. The van der Waals surface area contributed by atoms with Crippen LogP contribution in [0.5, 0.6) is 0 Å². The molecule has 1 saturated heterocycles. The maximum absolute atomic E-state index is 11.9. The fourth-order valence-electron chi connectivity index (χ4n) is 1.69. The van der Waals surface area contributed by atoms with Gasteiger partial charge in [-0.3, -0.25) is 4.79 Å². The van der Waals surface area contributed by atoms with Crippen molar-refractivity contribution in [3.8, 4) is 0 Å². The lowest BCUT2D eigenvalue weighted by atomic mass is 10.2. The molecule has 0 aromatic carbocycles. The number of amides is 2. The summed E-state index contributed by atoms with van der Waals surface area (Å²) in [5.41, 5.74) is 0. The predicted octanol–water partition coefficient (Wildman–Crippen LogP) is 0.150. The molecular formula is C11H18N2O5S. The molecule has 0 aliphatic carbocycles. The Kier molecular flexibility index (Phi) is 5.94. The highest BCUT2D eigenvalue weighted by Crippen LogP contribution is 2.17. The summed E-state index contributed by atoms with van der Waals surface area (Å²) in [7, 11) is 1.17. The van der Waals surface area contributed by atoms with Crippen molar-refractivity contribution in [2.75, 3.05) is 26.0 Å². The van der Waals surface area contributed by atoms with Crippen LogP contribution in [0, 0.1) is 0 Å². The van der Waals surface area contributed by atoms with Crippen molar-refractivity contribution in [3.05, 3.63) is 0 Å². The number of thioether (sulfide) groups is 1. The van der Waals surface area contributed by atoms with Gasteiger partial charge in [0, 0.05) is 24.1 Å². The van der Waals surface area contributed by atoms with Crippen LogP contribution in [0.4, 0.5) is 4.79 Å². The van der Waals surface area contributed by atoms with E-state index in [1.807, 2.05) is 6.92 Å². The number of ether oxygens (including phenoxy) is 1. The van der Waals surface area contributed by atoms with Crippen molar-refractivity contribution in [1.29, 1.82) is 0 Å². The van der Waals surface area contributed by atoms with E-state index in [0.717, 1.165) is 5.75 Å². The van der Waals surface area contributed by atoms with Gasteiger partial charge >= 0.3 is 18.0 Å².